The van der Waals surface area contributed by atoms with Crippen LogP contribution in [0.25, 0.3) is 0 Å². The van der Waals surface area contributed by atoms with Gasteiger partial charge in [-0.25, -0.2) is 9.52 Å². The Morgan fingerprint density at radius 2 is 1.72 bits per heavy atom. The lowest BCUT2D eigenvalue weighted by atomic mass is 10.1. The van der Waals surface area contributed by atoms with Crippen molar-refractivity contribution in [2.75, 3.05) is 21.3 Å². The molecular weight excluding hydrogens is 422 g/mol. The van der Waals surface area contributed by atoms with Gasteiger partial charge in [0.1, 0.15) is 5.75 Å². The standard InChI is InChI=1S/C18H20ClN3O6S/c1-20-18(24)22-29(25)28-16-8-11(4-6-15(16)27-3)10-21-17(23)13-9-12(19)5-7-14(13)26-2/h4-9H,10H2,1-3H3,(H,21,23)(H2,20,22,24). The van der Waals surface area contributed by atoms with Crippen molar-refractivity contribution in [1.29, 1.82) is 0 Å². The van der Waals surface area contributed by atoms with Crippen molar-refractivity contribution in [3.63, 3.8) is 0 Å². The van der Waals surface area contributed by atoms with Crippen LogP contribution in [0.2, 0.25) is 5.02 Å². The Hall–Kier alpha value is -2.98. The number of urea groups is 1. The summed E-state index contributed by atoms with van der Waals surface area (Å²) in [5.41, 5.74) is 0.938. The molecule has 0 fully saturated rings. The summed E-state index contributed by atoms with van der Waals surface area (Å²) in [5, 5.41) is 5.41. The van der Waals surface area contributed by atoms with Crippen molar-refractivity contribution in [3.05, 3.63) is 52.5 Å². The summed E-state index contributed by atoms with van der Waals surface area (Å²) in [6.07, 6.45) is 0. The van der Waals surface area contributed by atoms with Gasteiger partial charge in [-0.15, -0.1) is 0 Å². The molecule has 3 N–H and O–H groups in total. The Balaban J connectivity index is 2.11. The first-order valence-corrected chi connectivity index (χ1v) is 9.70. The third kappa shape index (κ3) is 6.26. The number of benzene rings is 2. The Bertz CT molecular complexity index is 924. The van der Waals surface area contributed by atoms with Crippen molar-refractivity contribution in [3.8, 4) is 17.2 Å². The fraction of sp³-hybridized carbons (Fsp3) is 0.222. The third-order valence-corrected chi connectivity index (χ3v) is 4.57. The first-order chi connectivity index (χ1) is 13.9. The van der Waals surface area contributed by atoms with Gasteiger partial charge in [0.05, 0.1) is 19.8 Å². The van der Waals surface area contributed by atoms with Crippen LogP contribution in [0.5, 0.6) is 17.2 Å². The number of rotatable bonds is 8. The number of carbonyl (C=O) groups is 2. The molecule has 0 aromatic heterocycles. The van der Waals surface area contributed by atoms with E-state index < -0.39 is 17.3 Å². The first-order valence-electron chi connectivity index (χ1n) is 8.25. The van der Waals surface area contributed by atoms with Crippen molar-refractivity contribution in [2.24, 2.45) is 0 Å². The second kappa shape index (κ2) is 10.5. The van der Waals surface area contributed by atoms with Crippen LogP contribution in [0.4, 0.5) is 4.79 Å². The van der Waals surface area contributed by atoms with Crippen LogP contribution in [0.3, 0.4) is 0 Å². The number of hydrogen-bond donors (Lipinski definition) is 3. The van der Waals surface area contributed by atoms with E-state index in [1.54, 1.807) is 24.3 Å². The van der Waals surface area contributed by atoms with Gasteiger partial charge in [0.15, 0.2) is 11.5 Å². The van der Waals surface area contributed by atoms with E-state index in [4.69, 9.17) is 25.3 Å². The van der Waals surface area contributed by atoms with Gasteiger partial charge in [-0.2, -0.15) is 4.21 Å². The van der Waals surface area contributed by atoms with Gasteiger partial charge in [-0.3, -0.25) is 4.79 Å². The number of ether oxygens (including phenoxy) is 2. The van der Waals surface area contributed by atoms with Crippen LogP contribution in [-0.2, 0) is 17.8 Å². The van der Waals surface area contributed by atoms with Crippen LogP contribution in [0.1, 0.15) is 15.9 Å². The minimum absolute atomic E-state index is 0.134. The average Bonchev–Trinajstić information content (AvgIpc) is 2.71. The van der Waals surface area contributed by atoms with Crippen LogP contribution >= 0.6 is 11.6 Å². The summed E-state index contributed by atoms with van der Waals surface area (Å²) in [5.74, 6) is 0.451. The molecule has 2 aromatic rings. The molecule has 0 radical (unpaired) electrons. The van der Waals surface area contributed by atoms with E-state index in [0.29, 0.717) is 27.6 Å². The molecule has 0 bridgehead atoms. The average molecular weight is 442 g/mol. The van der Waals surface area contributed by atoms with E-state index in [0.717, 1.165) is 0 Å². The topological polar surface area (TPSA) is 115 Å². The minimum Gasteiger partial charge on any atom is -0.496 e. The maximum Gasteiger partial charge on any atom is 0.328 e. The first kappa shape index (κ1) is 22.3. The highest BCUT2D eigenvalue weighted by Gasteiger charge is 2.15. The monoisotopic (exact) mass is 441 g/mol. The zero-order chi connectivity index (χ0) is 21.4. The molecule has 1 unspecified atom stereocenters. The number of amides is 3. The summed E-state index contributed by atoms with van der Waals surface area (Å²) < 4.78 is 29.5. The van der Waals surface area contributed by atoms with E-state index in [1.165, 1.54) is 33.4 Å². The van der Waals surface area contributed by atoms with Crippen LogP contribution in [0.15, 0.2) is 36.4 Å². The summed E-state index contributed by atoms with van der Waals surface area (Å²) in [6.45, 7) is 0.143. The van der Waals surface area contributed by atoms with Gasteiger partial charge >= 0.3 is 17.3 Å². The van der Waals surface area contributed by atoms with E-state index >= 15 is 0 Å². The van der Waals surface area contributed by atoms with Crippen molar-refractivity contribution < 1.29 is 27.5 Å². The molecule has 0 saturated heterocycles. The molecule has 0 aliphatic carbocycles. The van der Waals surface area contributed by atoms with Crippen molar-refractivity contribution >= 4 is 34.8 Å². The van der Waals surface area contributed by atoms with Gasteiger partial charge < -0.3 is 24.3 Å². The molecule has 0 aliphatic heterocycles. The Labute approximate surface area is 175 Å². The summed E-state index contributed by atoms with van der Waals surface area (Å²) in [4.78, 5) is 23.7. The number of halogens is 1. The van der Waals surface area contributed by atoms with Gasteiger partial charge in [-0.1, -0.05) is 17.7 Å². The smallest absolute Gasteiger partial charge is 0.328 e. The largest absolute Gasteiger partial charge is 0.496 e. The predicted octanol–water partition coefficient (Wildman–Crippen LogP) is 2.17. The molecule has 0 spiro atoms. The zero-order valence-corrected chi connectivity index (χ0v) is 17.5. The Morgan fingerprint density at radius 3 is 2.38 bits per heavy atom. The molecule has 0 aliphatic rings. The Morgan fingerprint density at radius 1 is 1.03 bits per heavy atom. The molecule has 3 amide bonds. The lowest BCUT2D eigenvalue weighted by Gasteiger charge is -2.13. The molecule has 2 rings (SSSR count). The second-order valence-corrected chi connectivity index (χ2v) is 6.79. The van der Waals surface area contributed by atoms with E-state index in [2.05, 4.69) is 15.4 Å². The van der Waals surface area contributed by atoms with Gasteiger partial charge in [0, 0.05) is 18.6 Å². The maximum absolute atomic E-state index is 12.5. The highest BCUT2D eigenvalue weighted by molar-refractivity contribution is 7.79. The van der Waals surface area contributed by atoms with E-state index in [1.807, 2.05) is 0 Å². The highest BCUT2D eigenvalue weighted by Crippen LogP contribution is 2.29. The van der Waals surface area contributed by atoms with Crippen molar-refractivity contribution in [2.45, 2.75) is 6.54 Å². The molecule has 0 saturated carbocycles. The highest BCUT2D eigenvalue weighted by atomic mass is 35.5. The number of nitrogens with one attached hydrogen (secondary N) is 3. The lowest BCUT2D eigenvalue weighted by Crippen LogP contribution is -2.35. The van der Waals surface area contributed by atoms with Crippen molar-refractivity contribution in [1.82, 2.24) is 15.4 Å². The molecule has 29 heavy (non-hydrogen) atoms. The predicted molar refractivity (Wildman–Crippen MR) is 109 cm³/mol. The molecule has 0 heterocycles. The van der Waals surface area contributed by atoms with Gasteiger partial charge in [-0.05, 0) is 35.9 Å². The van der Waals surface area contributed by atoms with E-state index in [9.17, 15) is 13.8 Å². The van der Waals surface area contributed by atoms with Crippen LogP contribution in [-0.4, -0.2) is 37.4 Å². The van der Waals surface area contributed by atoms with Gasteiger partial charge in [0.25, 0.3) is 5.91 Å². The van der Waals surface area contributed by atoms with Crippen LogP contribution < -0.4 is 29.0 Å². The molecule has 156 valence electrons. The number of carbonyl (C=O) groups excluding carboxylic acids is 2. The lowest BCUT2D eigenvalue weighted by molar-refractivity contribution is 0.0947. The minimum atomic E-state index is -2.13. The SMILES string of the molecule is CNC(=O)NS(=O)Oc1cc(CNC(=O)c2cc(Cl)ccc2OC)ccc1OC. The normalized spacial score (nSPS) is 11.2. The molecule has 11 heteroatoms. The molecular formula is C18H20ClN3O6S. The van der Waals surface area contributed by atoms with Crippen LogP contribution in [0, 0.1) is 0 Å². The van der Waals surface area contributed by atoms with Gasteiger partial charge in [0.2, 0.25) is 0 Å². The Kier molecular flexibility index (Phi) is 8.10. The second-order valence-electron chi connectivity index (χ2n) is 5.51. The molecule has 1 atom stereocenters. The third-order valence-electron chi connectivity index (χ3n) is 3.66. The fourth-order valence-corrected chi connectivity index (χ4v) is 3.02. The zero-order valence-electron chi connectivity index (χ0n) is 15.9. The number of hydrogen-bond acceptors (Lipinski definition) is 6. The molecule has 9 nitrogen and oxygen atoms in total. The summed E-state index contributed by atoms with van der Waals surface area (Å²) >= 11 is 3.82. The number of methoxy groups -OCH3 is 2. The summed E-state index contributed by atoms with van der Waals surface area (Å²) in [6, 6.07) is 8.90. The maximum atomic E-state index is 12.5. The quantitative estimate of drug-likeness (QED) is 0.578. The van der Waals surface area contributed by atoms with E-state index in [-0.39, 0.29) is 18.2 Å². The fourth-order valence-electron chi connectivity index (χ4n) is 2.26. The summed E-state index contributed by atoms with van der Waals surface area (Å²) in [7, 11) is 4.26. The molecule has 2 aromatic carbocycles.